The van der Waals surface area contributed by atoms with Crippen molar-refractivity contribution in [3.8, 4) is 0 Å². The van der Waals surface area contributed by atoms with Gasteiger partial charge in [0.15, 0.2) is 0 Å². The Kier molecular flexibility index (Phi) is 6.65. The molecule has 1 heterocycles. The van der Waals surface area contributed by atoms with Gasteiger partial charge in [0.05, 0.1) is 6.61 Å². The second-order valence-corrected chi connectivity index (χ2v) is 5.79. The van der Waals surface area contributed by atoms with Gasteiger partial charge in [-0.2, -0.15) is 0 Å². The highest BCUT2D eigenvalue weighted by molar-refractivity contribution is 14.1. The molecular formula is C14H17ClINO2. The average molecular weight is 394 g/mol. The Morgan fingerprint density at radius 1 is 1.47 bits per heavy atom. The summed E-state index contributed by atoms with van der Waals surface area (Å²) in [6, 6.07) is 6.54. The first-order chi connectivity index (χ1) is 9.01. The maximum absolute atomic E-state index is 9.18. The van der Waals surface area contributed by atoms with Gasteiger partial charge in [-0.15, -0.1) is 0 Å². The minimum absolute atomic E-state index is 0.431. The van der Waals surface area contributed by atoms with Gasteiger partial charge in [-0.25, -0.2) is 0 Å². The Morgan fingerprint density at radius 2 is 2.16 bits per heavy atom. The highest BCUT2D eigenvalue weighted by atomic mass is 127. The van der Waals surface area contributed by atoms with Gasteiger partial charge >= 0.3 is 0 Å². The molecule has 0 aliphatic carbocycles. The summed E-state index contributed by atoms with van der Waals surface area (Å²) in [7, 11) is 0. The smallest absolute Gasteiger partial charge is 0.293 e. The third-order valence-corrected chi connectivity index (χ3v) is 3.63. The van der Waals surface area contributed by atoms with Crippen LogP contribution in [-0.4, -0.2) is 17.6 Å². The lowest BCUT2D eigenvalue weighted by Crippen LogP contribution is -1.97. The lowest BCUT2D eigenvalue weighted by Gasteiger charge is -2.08. The summed E-state index contributed by atoms with van der Waals surface area (Å²) < 4.78 is 7.68. The van der Waals surface area contributed by atoms with Crippen molar-refractivity contribution in [2.24, 2.45) is 0 Å². The molecule has 0 unspecified atom stereocenters. The van der Waals surface area contributed by atoms with E-state index in [9.17, 15) is 4.79 Å². The number of hydrogen-bond acceptors (Lipinski definition) is 2. The minimum Gasteiger partial charge on any atom is -0.468 e. The summed E-state index contributed by atoms with van der Waals surface area (Å²) in [4.78, 5) is 9.18. The standard InChI is InChI=1S/C11H11ClIN.C3H6O2/c1-7(2)14-6-10(13)9-5-8(12)3-4-11(9)14;1-2-5-3-4/h3-7H,1-2H3;3H,2H2,1H3. The fourth-order valence-electron chi connectivity index (χ4n) is 1.68. The third kappa shape index (κ3) is 4.38. The number of carbonyl (C=O) groups excluding carboxylic acids is 1. The third-order valence-electron chi connectivity index (χ3n) is 2.54. The number of rotatable bonds is 3. The quantitative estimate of drug-likeness (QED) is 0.561. The van der Waals surface area contributed by atoms with Crippen LogP contribution < -0.4 is 0 Å². The first-order valence-electron chi connectivity index (χ1n) is 6.02. The number of fused-ring (bicyclic) bond motifs is 1. The van der Waals surface area contributed by atoms with Crippen LogP contribution in [0.2, 0.25) is 5.02 Å². The molecule has 0 aliphatic heterocycles. The van der Waals surface area contributed by atoms with Gasteiger partial charge in [-0.3, -0.25) is 4.79 Å². The number of aromatic nitrogens is 1. The zero-order valence-corrected chi connectivity index (χ0v) is 14.1. The van der Waals surface area contributed by atoms with Gasteiger partial charge in [0.2, 0.25) is 0 Å². The van der Waals surface area contributed by atoms with Crippen LogP contribution in [0.1, 0.15) is 26.8 Å². The lowest BCUT2D eigenvalue weighted by molar-refractivity contribution is -0.128. The van der Waals surface area contributed by atoms with E-state index >= 15 is 0 Å². The summed E-state index contributed by atoms with van der Waals surface area (Å²) in [6.07, 6.45) is 2.17. The van der Waals surface area contributed by atoms with Crippen LogP contribution in [0, 0.1) is 3.57 Å². The van der Waals surface area contributed by atoms with Crippen LogP contribution in [0.25, 0.3) is 10.9 Å². The molecule has 0 N–H and O–H groups in total. The molecule has 104 valence electrons. The second-order valence-electron chi connectivity index (χ2n) is 4.19. The molecule has 1 aromatic heterocycles. The van der Waals surface area contributed by atoms with Crippen LogP contribution in [-0.2, 0) is 9.53 Å². The van der Waals surface area contributed by atoms with E-state index in [-0.39, 0.29) is 0 Å². The number of nitrogens with zero attached hydrogens (tertiary/aromatic N) is 1. The van der Waals surface area contributed by atoms with Crippen molar-refractivity contribution in [3.05, 3.63) is 33.0 Å². The summed E-state index contributed by atoms with van der Waals surface area (Å²) in [5.74, 6) is 0. The summed E-state index contributed by atoms with van der Waals surface area (Å²) in [5, 5.41) is 2.05. The molecule has 0 spiro atoms. The van der Waals surface area contributed by atoms with Crippen LogP contribution >= 0.6 is 34.2 Å². The highest BCUT2D eigenvalue weighted by Crippen LogP contribution is 2.28. The molecule has 0 aliphatic rings. The van der Waals surface area contributed by atoms with Crippen molar-refractivity contribution in [1.29, 1.82) is 0 Å². The maximum atomic E-state index is 9.18. The van der Waals surface area contributed by atoms with Gasteiger partial charge in [-0.05, 0) is 61.6 Å². The van der Waals surface area contributed by atoms with E-state index in [0.29, 0.717) is 19.1 Å². The second kappa shape index (κ2) is 7.75. The highest BCUT2D eigenvalue weighted by Gasteiger charge is 2.08. The Bertz CT molecular complexity index is 552. The molecular weight excluding hydrogens is 377 g/mol. The summed E-state index contributed by atoms with van der Waals surface area (Å²) in [5.41, 5.74) is 1.26. The first kappa shape index (κ1) is 16.3. The number of carbonyl (C=O) groups is 1. The van der Waals surface area contributed by atoms with Gasteiger partial charge in [0.25, 0.3) is 6.47 Å². The zero-order valence-electron chi connectivity index (χ0n) is 11.2. The topological polar surface area (TPSA) is 31.2 Å². The zero-order chi connectivity index (χ0) is 14.4. The number of benzene rings is 1. The van der Waals surface area contributed by atoms with Gasteiger partial charge in [0, 0.05) is 31.7 Å². The summed E-state index contributed by atoms with van der Waals surface area (Å²) >= 11 is 8.32. The molecule has 0 atom stereocenters. The molecule has 0 fully saturated rings. The Balaban J connectivity index is 0.000000312. The van der Waals surface area contributed by atoms with E-state index in [2.05, 4.69) is 58.0 Å². The Morgan fingerprint density at radius 3 is 2.63 bits per heavy atom. The van der Waals surface area contributed by atoms with E-state index in [4.69, 9.17) is 11.6 Å². The molecule has 0 bridgehead atoms. The SMILES string of the molecule is CC(C)n1cc(I)c2cc(Cl)ccc21.CCOC=O. The maximum Gasteiger partial charge on any atom is 0.293 e. The van der Waals surface area contributed by atoms with Crippen molar-refractivity contribution in [2.75, 3.05) is 6.61 Å². The van der Waals surface area contributed by atoms with E-state index in [0.717, 1.165) is 5.02 Å². The number of halogens is 2. The average Bonchev–Trinajstić information content (AvgIpc) is 2.69. The number of hydrogen-bond donors (Lipinski definition) is 0. The molecule has 0 amide bonds. The van der Waals surface area contributed by atoms with E-state index in [1.54, 1.807) is 6.92 Å². The van der Waals surface area contributed by atoms with E-state index in [1.807, 2.05) is 12.1 Å². The van der Waals surface area contributed by atoms with Crippen LogP contribution in [0.3, 0.4) is 0 Å². The van der Waals surface area contributed by atoms with E-state index in [1.165, 1.54) is 14.5 Å². The van der Waals surface area contributed by atoms with Crippen LogP contribution in [0.4, 0.5) is 0 Å². The fraction of sp³-hybridized carbons (Fsp3) is 0.357. The Hall–Kier alpha value is -0.750. The largest absolute Gasteiger partial charge is 0.468 e. The Labute approximate surface area is 132 Å². The van der Waals surface area contributed by atoms with Gasteiger partial charge in [-0.1, -0.05) is 11.6 Å². The normalized spacial score (nSPS) is 10.2. The molecule has 2 aromatic rings. The van der Waals surface area contributed by atoms with Crippen LogP contribution in [0.5, 0.6) is 0 Å². The monoisotopic (exact) mass is 393 g/mol. The van der Waals surface area contributed by atoms with Gasteiger partial charge < -0.3 is 9.30 Å². The molecule has 1 aromatic carbocycles. The molecule has 0 saturated carbocycles. The molecule has 5 heteroatoms. The van der Waals surface area contributed by atoms with Crippen molar-refractivity contribution < 1.29 is 9.53 Å². The molecule has 3 nitrogen and oxygen atoms in total. The predicted molar refractivity (Wildman–Crippen MR) is 87.7 cm³/mol. The van der Waals surface area contributed by atoms with Crippen molar-refractivity contribution in [3.63, 3.8) is 0 Å². The lowest BCUT2D eigenvalue weighted by atomic mass is 10.2. The predicted octanol–water partition coefficient (Wildman–Crippen LogP) is 4.66. The van der Waals surface area contributed by atoms with Gasteiger partial charge in [0.1, 0.15) is 0 Å². The van der Waals surface area contributed by atoms with Crippen molar-refractivity contribution in [1.82, 2.24) is 4.57 Å². The van der Waals surface area contributed by atoms with E-state index < -0.39 is 0 Å². The van der Waals surface area contributed by atoms with Crippen molar-refractivity contribution >= 4 is 51.6 Å². The minimum atomic E-state index is 0.431. The molecule has 0 radical (unpaired) electrons. The first-order valence-corrected chi connectivity index (χ1v) is 7.47. The van der Waals surface area contributed by atoms with Crippen LogP contribution in [0.15, 0.2) is 24.4 Å². The summed E-state index contributed by atoms with van der Waals surface area (Å²) in [6.45, 7) is 7.03. The fourth-order valence-corrected chi connectivity index (χ4v) is 2.59. The van der Waals surface area contributed by atoms with Crippen molar-refractivity contribution in [2.45, 2.75) is 26.8 Å². The molecule has 2 rings (SSSR count). The molecule has 19 heavy (non-hydrogen) atoms. The number of ether oxygens (including phenoxy) is 1. The molecule has 0 saturated heterocycles.